The molecule has 1 fully saturated rings. The number of carbonyl (C=O) groups excluding carboxylic acids is 2. The highest BCUT2D eigenvalue weighted by Crippen LogP contribution is 2.19. The van der Waals surface area contributed by atoms with Gasteiger partial charge in [-0.15, -0.1) is 0 Å². The summed E-state index contributed by atoms with van der Waals surface area (Å²) in [4.78, 5) is 28.7. The number of halogens is 1. The molecule has 0 bridgehead atoms. The molecule has 5 nitrogen and oxygen atoms in total. The maximum Gasteiger partial charge on any atom is 0.338 e. The average Bonchev–Trinajstić information content (AvgIpc) is 2.75. The molecule has 1 saturated heterocycles. The molecular formula is C23H27ClN2O3. The molecule has 0 atom stereocenters. The van der Waals surface area contributed by atoms with Crippen LogP contribution in [-0.2, 0) is 16.0 Å². The van der Waals surface area contributed by atoms with E-state index in [1.165, 1.54) is 0 Å². The number of rotatable bonds is 7. The quantitative estimate of drug-likeness (QED) is 0.503. The Hall–Kier alpha value is -2.53. The third-order valence-electron chi connectivity index (χ3n) is 5.10. The summed E-state index contributed by atoms with van der Waals surface area (Å²) in [6.07, 6.45) is 2.28. The van der Waals surface area contributed by atoms with Crippen LogP contribution in [-0.4, -0.2) is 49.6 Å². The second kappa shape index (κ2) is 10.3. The summed E-state index contributed by atoms with van der Waals surface area (Å²) >= 11 is 5.90. The Morgan fingerprint density at radius 3 is 2.24 bits per heavy atom. The van der Waals surface area contributed by atoms with E-state index in [0.29, 0.717) is 36.7 Å². The minimum absolute atomic E-state index is 0.136. The number of nitrogens with zero attached hydrogens (tertiary/aromatic N) is 2. The topological polar surface area (TPSA) is 49.9 Å². The van der Waals surface area contributed by atoms with Gasteiger partial charge in [0.05, 0.1) is 18.6 Å². The number of carbonyl (C=O) groups is 2. The number of unbranched alkanes of at least 4 members (excludes halogenated alkanes) is 1. The lowest BCUT2D eigenvalue weighted by Crippen LogP contribution is -2.49. The van der Waals surface area contributed by atoms with Crippen LogP contribution in [0.25, 0.3) is 0 Å². The van der Waals surface area contributed by atoms with E-state index < -0.39 is 0 Å². The van der Waals surface area contributed by atoms with Gasteiger partial charge in [-0.3, -0.25) is 4.79 Å². The highest BCUT2D eigenvalue weighted by atomic mass is 35.5. The van der Waals surface area contributed by atoms with Crippen LogP contribution in [0.3, 0.4) is 0 Å². The third kappa shape index (κ3) is 5.97. The zero-order valence-corrected chi connectivity index (χ0v) is 17.5. The average molecular weight is 415 g/mol. The molecule has 0 aromatic heterocycles. The van der Waals surface area contributed by atoms with Gasteiger partial charge in [-0.05, 0) is 48.4 Å². The molecule has 2 aromatic carbocycles. The fourth-order valence-corrected chi connectivity index (χ4v) is 3.43. The number of hydrogen-bond donors (Lipinski definition) is 0. The fourth-order valence-electron chi connectivity index (χ4n) is 3.30. The first-order valence-electron chi connectivity index (χ1n) is 10.1. The Bertz CT molecular complexity index is 813. The normalized spacial score (nSPS) is 14.0. The van der Waals surface area contributed by atoms with Crippen LogP contribution in [0.15, 0.2) is 48.5 Å². The summed E-state index contributed by atoms with van der Waals surface area (Å²) in [7, 11) is 0. The molecule has 29 heavy (non-hydrogen) atoms. The van der Waals surface area contributed by atoms with E-state index in [0.717, 1.165) is 37.2 Å². The molecule has 0 spiro atoms. The van der Waals surface area contributed by atoms with Crippen LogP contribution in [0, 0.1) is 0 Å². The summed E-state index contributed by atoms with van der Waals surface area (Å²) in [5.41, 5.74) is 2.60. The second-order valence-corrected chi connectivity index (χ2v) is 7.64. The predicted octanol–water partition coefficient (Wildman–Crippen LogP) is 4.19. The van der Waals surface area contributed by atoms with Crippen molar-refractivity contribution in [2.75, 3.05) is 37.7 Å². The Balaban J connectivity index is 1.49. The van der Waals surface area contributed by atoms with Crippen LogP contribution < -0.4 is 4.90 Å². The predicted molar refractivity (Wildman–Crippen MR) is 116 cm³/mol. The molecule has 0 aliphatic carbocycles. The van der Waals surface area contributed by atoms with E-state index in [4.69, 9.17) is 16.3 Å². The van der Waals surface area contributed by atoms with Crippen molar-refractivity contribution in [3.05, 3.63) is 64.7 Å². The van der Waals surface area contributed by atoms with E-state index in [1.807, 2.05) is 53.4 Å². The van der Waals surface area contributed by atoms with E-state index >= 15 is 0 Å². The molecule has 0 N–H and O–H groups in total. The summed E-state index contributed by atoms with van der Waals surface area (Å²) in [6.45, 7) is 5.44. The maximum atomic E-state index is 12.5. The second-order valence-electron chi connectivity index (χ2n) is 7.21. The van der Waals surface area contributed by atoms with Crippen molar-refractivity contribution in [3.63, 3.8) is 0 Å². The maximum absolute atomic E-state index is 12.5. The van der Waals surface area contributed by atoms with Gasteiger partial charge in [0.2, 0.25) is 5.91 Å². The molecule has 2 aromatic rings. The van der Waals surface area contributed by atoms with Crippen molar-refractivity contribution < 1.29 is 14.3 Å². The summed E-state index contributed by atoms with van der Waals surface area (Å²) in [6, 6.07) is 14.9. The molecule has 1 aliphatic heterocycles. The van der Waals surface area contributed by atoms with Crippen molar-refractivity contribution in [1.29, 1.82) is 0 Å². The molecule has 0 saturated carbocycles. The number of anilines is 1. The summed E-state index contributed by atoms with van der Waals surface area (Å²) in [5.74, 6) is -0.139. The highest BCUT2D eigenvalue weighted by Gasteiger charge is 2.21. The number of hydrogen-bond acceptors (Lipinski definition) is 4. The summed E-state index contributed by atoms with van der Waals surface area (Å²) < 4.78 is 5.25. The lowest BCUT2D eigenvalue weighted by Gasteiger charge is -2.36. The van der Waals surface area contributed by atoms with Crippen molar-refractivity contribution in [2.24, 2.45) is 0 Å². The number of amides is 1. The van der Waals surface area contributed by atoms with Crippen LogP contribution in [0.1, 0.15) is 35.7 Å². The van der Waals surface area contributed by atoms with Crippen LogP contribution in [0.4, 0.5) is 5.69 Å². The first-order chi connectivity index (χ1) is 14.1. The molecular weight excluding hydrogens is 388 g/mol. The van der Waals surface area contributed by atoms with Gasteiger partial charge in [0.25, 0.3) is 0 Å². The number of ether oxygens (including phenoxy) is 1. The van der Waals surface area contributed by atoms with Crippen molar-refractivity contribution in [1.82, 2.24) is 4.90 Å². The molecule has 0 unspecified atom stereocenters. The minimum Gasteiger partial charge on any atom is -0.462 e. The van der Waals surface area contributed by atoms with Gasteiger partial charge < -0.3 is 14.5 Å². The Labute approximate surface area is 177 Å². The first-order valence-corrected chi connectivity index (χ1v) is 10.5. The lowest BCUT2D eigenvalue weighted by atomic mass is 10.1. The smallest absolute Gasteiger partial charge is 0.338 e. The van der Waals surface area contributed by atoms with E-state index in [9.17, 15) is 9.59 Å². The van der Waals surface area contributed by atoms with Crippen LogP contribution in [0.5, 0.6) is 0 Å². The third-order valence-corrected chi connectivity index (χ3v) is 5.35. The zero-order valence-electron chi connectivity index (χ0n) is 16.8. The first kappa shape index (κ1) is 21.2. The van der Waals surface area contributed by atoms with Gasteiger partial charge in [0, 0.05) is 36.9 Å². The Kier molecular flexibility index (Phi) is 7.53. The van der Waals surface area contributed by atoms with Gasteiger partial charge in [-0.25, -0.2) is 4.79 Å². The zero-order chi connectivity index (χ0) is 20.6. The standard InChI is InChI=1S/C23H27ClN2O3/c1-2-3-16-29-23(28)19-6-10-21(11-7-19)25-12-14-26(15-13-25)22(27)17-18-4-8-20(24)9-5-18/h4-11H,2-3,12-17H2,1H3. The minimum atomic E-state index is -0.275. The SMILES string of the molecule is CCCCOC(=O)c1ccc(N2CCN(C(=O)Cc3ccc(Cl)cc3)CC2)cc1. The molecule has 6 heteroatoms. The van der Waals surface area contributed by atoms with Crippen molar-refractivity contribution in [2.45, 2.75) is 26.2 Å². The molecule has 1 heterocycles. The number of piperazine rings is 1. The van der Waals surface area contributed by atoms with E-state index in [2.05, 4.69) is 11.8 Å². The largest absolute Gasteiger partial charge is 0.462 e. The number of benzene rings is 2. The van der Waals surface area contributed by atoms with Gasteiger partial charge >= 0.3 is 5.97 Å². The lowest BCUT2D eigenvalue weighted by molar-refractivity contribution is -0.130. The van der Waals surface area contributed by atoms with E-state index in [1.54, 1.807) is 0 Å². The Morgan fingerprint density at radius 1 is 0.966 bits per heavy atom. The van der Waals surface area contributed by atoms with Gasteiger partial charge in [0.1, 0.15) is 0 Å². The number of esters is 1. The molecule has 1 amide bonds. The van der Waals surface area contributed by atoms with Crippen LogP contribution >= 0.6 is 11.6 Å². The van der Waals surface area contributed by atoms with Gasteiger partial charge in [-0.2, -0.15) is 0 Å². The van der Waals surface area contributed by atoms with Gasteiger partial charge in [0.15, 0.2) is 0 Å². The molecule has 0 radical (unpaired) electrons. The van der Waals surface area contributed by atoms with Crippen LogP contribution in [0.2, 0.25) is 5.02 Å². The Morgan fingerprint density at radius 2 is 1.62 bits per heavy atom. The molecule has 1 aliphatic rings. The molecule has 3 rings (SSSR count). The van der Waals surface area contributed by atoms with E-state index in [-0.39, 0.29) is 11.9 Å². The summed E-state index contributed by atoms with van der Waals surface area (Å²) in [5, 5.41) is 0.676. The molecule has 154 valence electrons. The fraction of sp³-hybridized carbons (Fsp3) is 0.391. The van der Waals surface area contributed by atoms with Crippen molar-refractivity contribution >= 4 is 29.2 Å². The highest BCUT2D eigenvalue weighted by molar-refractivity contribution is 6.30. The van der Waals surface area contributed by atoms with Gasteiger partial charge in [-0.1, -0.05) is 37.1 Å². The van der Waals surface area contributed by atoms with Crippen molar-refractivity contribution in [3.8, 4) is 0 Å². The monoisotopic (exact) mass is 414 g/mol.